The van der Waals surface area contributed by atoms with E-state index in [-0.39, 0.29) is 44.4 Å². The van der Waals surface area contributed by atoms with Gasteiger partial charge < -0.3 is 14.2 Å². The van der Waals surface area contributed by atoms with Crippen LogP contribution < -0.4 is 0 Å². The average Bonchev–Trinajstić information content (AvgIpc) is 3.12. The second kappa shape index (κ2) is 38.6. The van der Waals surface area contributed by atoms with Gasteiger partial charge >= 0.3 is 17.9 Å². The van der Waals surface area contributed by atoms with E-state index in [0.29, 0.717) is 19.3 Å². The van der Waals surface area contributed by atoms with Gasteiger partial charge in [0.2, 0.25) is 0 Å². The number of esters is 3. The second-order valence-corrected chi connectivity index (χ2v) is 11.8. The monoisotopic (exact) mass is 702 g/mol. The molecule has 0 aromatic carbocycles. The molecule has 0 heterocycles. The molecule has 6 nitrogen and oxygen atoms in total. The molecule has 0 rings (SSSR count). The van der Waals surface area contributed by atoms with Crippen molar-refractivity contribution in [1.29, 1.82) is 0 Å². The molecule has 0 spiro atoms. The Hall–Kier alpha value is -4.19. The van der Waals surface area contributed by atoms with Crippen molar-refractivity contribution in [2.24, 2.45) is 0 Å². The molecule has 0 aliphatic rings. The fourth-order valence-electron chi connectivity index (χ4n) is 4.29. The van der Waals surface area contributed by atoms with E-state index in [1.165, 1.54) is 0 Å². The van der Waals surface area contributed by atoms with Crippen LogP contribution in [0.25, 0.3) is 0 Å². The fourth-order valence-corrected chi connectivity index (χ4v) is 4.29. The minimum Gasteiger partial charge on any atom is -0.462 e. The highest BCUT2D eigenvalue weighted by molar-refractivity contribution is 5.71. The molecule has 1 unspecified atom stereocenters. The summed E-state index contributed by atoms with van der Waals surface area (Å²) in [6.45, 7) is 6.04. The van der Waals surface area contributed by atoms with Gasteiger partial charge in [-0.05, 0) is 83.5 Å². The van der Waals surface area contributed by atoms with Crippen LogP contribution in [0.2, 0.25) is 0 Å². The molecule has 0 aliphatic heterocycles. The lowest BCUT2D eigenvalue weighted by Gasteiger charge is -2.18. The van der Waals surface area contributed by atoms with E-state index in [4.69, 9.17) is 14.2 Å². The SMILES string of the molecule is CC\C=C/C=C\C=C/C=C\C=C/CCCC(=O)OCC(COC(=O)CCCC/C=C\C/C=C\CC)OC(=O)CCC/C=C\C/C=C\C/C=C\CC. The number of hydrogen-bond acceptors (Lipinski definition) is 6. The molecule has 51 heavy (non-hydrogen) atoms. The summed E-state index contributed by atoms with van der Waals surface area (Å²) in [5.41, 5.74) is 0. The zero-order valence-electron chi connectivity index (χ0n) is 31.8. The quantitative estimate of drug-likeness (QED) is 0.0235. The van der Waals surface area contributed by atoms with Crippen molar-refractivity contribution in [3.05, 3.63) is 122 Å². The molecule has 1 atom stereocenters. The minimum atomic E-state index is -0.845. The molecule has 0 saturated heterocycles. The summed E-state index contributed by atoms with van der Waals surface area (Å²) in [5, 5.41) is 0. The maximum atomic E-state index is 12.6. The third kappa shape index (κ3) is 36.9. The van der Waals surface area contributed by atoms with Crippen LogP contribution in [-0.2, 0) is 28.6 Å². The maximum absolute atomic E-state index is 12.6. The first-order valence-corrected chi connectivity index (χ1v) is 19.1. The Balaban J connectivity index is 4.66. The topological polar surface area (TPSA) is 78.9 Å². The van der Waals surface area contributed by atoms with Crippen molar-refractivity contribution in [2.45, 2.75) is 130 Å². The van der Waals surface area contributed by atoms with Crippen LogP contribution in [-0.4, -0.2) is 37.2 Å². The lowest BCUT2D eigenvalue weighted by atomic mass is 10.2. The lowest BCUT2D eigenvalue weighted by Crippen LogP contribution is -2.30. The Kier molecular flexibility index (Phi) is 35.4. The first-order valence-electron chi connectivity index (χ1n) is 19.1. The minimum absolute atomic E-state index is 0.143. The third-order valence-corrected chi connectivity index (χ3v) is 7.07. The summed E-state index contributed by atoms with van der Waals surface area (Å²) < 4.78 is 16.4. The number of ether oxygens (including phenoxy) is 3. The third-order valence-electron chi connectivity index (χ3n) is 7.07. The van der Waals surface area contributed by atoms with Crippen LogP contribution in [0.3, 0.4) is 0 Å². The molecular weight excluding hydrogens is 636 g/mol. The van der Waals surface area contributed by atoms with Crippen molar-refractivity contribution >= 4 is 17.9 Å². The van der Waals surface area contributed by atoms with Crippen LogP contribution >= 0.6 is 0 Å². The number of carbonyl (C=O) groups is 3. The van der Waals surface area contributed by atoms with E-state index in [1.807, 2.05) is 54.7 Å². The highest BCUT2D eigenvalue weighted by Gasteiger charge is 2.19. The fraction of sp³-hybridized carbons (Fsp3) is 0.489. The Labute approximate surface area is 310 Å². The smallest absolute Gasteiger partial charge is 0.306 e. The lowest BCUT2D eigenvalue weighted by molar-refractivity contribution is -0.167. The largest absolute Gasteiger partial charge is 0.462 e. The van der Waals surface area contributed by atoms with Gasteiger partial charge in [0.05, 0.1) is 0 Å². The van der Waals surface area contributed by atoms with Crippen LogP contribution in [0.5, 0.6) is 0 Å². The van der Waals surface area contributed by atoms with E-state index in [1.54, 1.807) is 0 Å². The van der Waals surface area contributed by atoms with Crippen LogP contribution in [0, 0.1) is 0 Å². The molecule has 282 valence electrons. The van der Waals surface area contributed by atoms with Crippen molar-refractivity contribution in [1.82, 2.24) is 0 Å². The van der Waals surface area contributed by atoms with Crippen molar-refractivity contribution in [3.63, 3.8) is 0 Å². The number of allylic oxidation sites excluding steroid dienone is 20. The van der Waals surface area contributed by atoms with Gasteiger partial charge in [-0.15, -0.1) is 0 Å². The summed E-state index contributed by atoms with van der Waals surface area (Å²) in [4.78, 5) is 37.4. The Morgan fingerprint density at radius 3 is 1.33 bits per heavy atom. The van der Waals surface area contributed by atoms with Gasteiger partial charge in [0.1, 0.15) is 13.2 Å². The maximum Gasteiger partial charge on any atom is 0.306 e. The normalized spacial score (nSPS) is 13.4. The van der Waals surface area contributed by atoms with Gasteiger partial charge in [0.15, 0.2) is 6.10 Å². The summed E-state index contributed by atoms with van der Waals surface area (Å²) in [6.07, 6.45) is 52.1. The van der Waals surface area contributed by atoms with Gasteiger partial charge in [-0.1, -0.05) is 142 Å². The predicted molar refractivity (Wildman–Crippen MR) is 214 cm³/mol. The molecule has 0 aliphatic carbocycles. The van der Waals surface area contributed by atoms with Gasteiger partial charge in [-0.2, -0.15) is 0 Å². The summed E-state index contributed by atoms with van der Waals surface area (Å²) in [7, 11) is 0. The van der Waals surface area contributed by atoms with Crippen LogP contribution in [0.15, 0.2) is 122 Å². The zero-order valence-corrected chi connectivity index (χ0v) is 31.8. The van der Waals surface area contributed by atoms with Gasteiger partial charge in [-0.3, -0.25) is 14.4 Å². The summed E-state index contributed by atoms with van der Waals surface area (Å²) >= 11 is 0. The summed E-state index contributed by atoms with van der Waals surface area (Å²) in [5.74, 6) is -1.13. The molecule has 0 aromatic rings. The Morgan fingerprint density at radius 1 is 0.412 bits per heavy atom. The highest BCUT2D eigenvalue weighted by Crippen LogP contribution is 2.08. The van der Waals surface area contributed by atoms with Crippen molar-refractivity contribution < 1.29 is 28.6 Å². The van der Waals surface area contributed by atoms with E-state index >= 15 is 0 Å². The van der Waals surface area contributed by atoms with E-state index in [2.05, 4.69) is 87.6 Å². The van der Waals surface area contributed by atoms with E-state index < -0.39 is 12.1 Å². The van der Waals surface area contributed by atoms with Crippen LogP contribution in [0.4, 0.5) is 0 Å². The zero-order chi connectivity index (χ0) is 37.3. The first kappa shape index (κ1) is 46.8. The van der Waals surface area contributed by atoms with Crippen LogP contribution in [0.1, 0.15) is 124 Å². The molecule has 0 N–H and O–H groups in total. The van der Waals surface area contributed by atoms with Crippen molar-refractivity contribution in [3.8, 4) is 0 Å². The molecule has 0 fully saturated rings. The first-order chi connectivity index (χ1) is 25.0. The number of rotatable bonds is 31. The van der Waals surface area contributed by atoms with Gasteiger partial charge in [0, 0.05) is 19.3 Å². The second-order valence-electron chi connectivity index (χ2n) is 11.8. The van der Waals surface area contributed by atoms with Gasteiger partial charge in [0.25, 0.3) is 0 Å². The molecule has 0 aromatic heterocycles. The standard InChI is InChI=1S/C45H66O6/c1-4-7-10-13-16-19-21-22-24-26-29-32-35-38-44(47)50-41-42(40-49-43(46)37-34-31-28-25-18-15-12-9-6-3)51-45(48)39-36-33-30-27-23-20-17-14-11-8-5-2/h7-13,16-22,24-27,29-30,42H,4-6,14-15,23,28,31-41H2,1-3H3/b10-7-,11-8-,12-9-,16-13-,20-17-,21-19-,24-22-,25-18-,29-26-,30-27-. The predicted octanol–water partition coefficient (Wildman–Crippen LogP) is 11.8. The van der Waals surface area contributed by atoms with E-state index in [9.17, 15) is 14.4 Å². The Bertz CT molecular complexity index is 1170. The van der Waals surface area contributed by atoms with Gasteiger partial charge in [-0.25, -0.2) is 0 Å². The Morgan fingerprint density at radius 2 is 0.804 bits per heavy atom. The summed E-state index contributed by atoms with van der Waals surface area (Å²) in [6, 6.07) is 0. The molecule has 0 radical (unpaired) electrons. The molecular formula is C45H66O6. The average molecular weight is 703 g/mol. The van der Waals surface area contributed by atoms with E-state index in [0.717, 1.165) is 64.2 Å². The number of hydrogen-bond donors (Lipinski definition) is 0. The molecule has 0 bridgehead atoms. The van der Waals surface area contributed by atoms with Crippen molar-refractivity contribution in [2.75, 3.05) is 13.2 Å². The molecule has 0 amide bonds. The number of carbonyl (C=O) groups excluding carboxylic acids is 3. The molecule has 6 heteroatoms. The molecule has 0 saturated carbocycles. The highest BCUT2D eigenvalue weighted by atomic mass is 16.6. The number of unbranched alkanes of at least 4 members (excludes halogenated alkanes) is 4.